The number of nitrogens with zero attached hydrogens (tertiary/aromatic N) is 4. The number of aromatic nitrogens is 4. The first kappa shape index (κ1) is 15.7. The van der Waals surface area contributed by atoms with Crippen molar-refractivity contribution >= 4 is 11.6 Å². The molecule has 0 aliphatic carbocycles. The van der Waals surface area contributed by atoms with E-state index in [0.717, 1.165) is 16.9 Å². The summed E-state index contributed by atoms with van der Waals surface area (Å²) in [5.41, 5.74) is 2.63. The van der Waals surface area contributed by atoms with Crippen LogP contribution >= 0.6 is 0 Å². The van der Waals surface area contributed by atoms with E-state index in [2.05, 4.69) is 20.8 Å². The maximum absolute atomic E-state index is 12.2. The van der Waals surface area contributed by atoms with E-state index in [1.807, 2.05) is 43.3 Å². The molecule has 3 aromatic rings. The van der Waals surface area contributed by atoms with E-state index in [0.29, 0.717) is 5.75 Å². The number of nitrogens with one attached hydrogen (secondary N) is 1. The van der Waals surface area contributed by atoms with Crippen molar-refractivity contribution in [1.82, 2.24) is 20.2 Å². The Morgan fingerprint density at radius 3 is 2.71 bits per heavy atom. The summed E-state index contributed by atoms with van der Waals surface area (Å²) in [6.45, 7) is 3.70. The number of aryl methyl sites for hydroxylation is 1. The predicted octanol–water partition coefficient (Wildman–Crippen LogP) is 2.38. The van der Waals surface area contributed by atoms with E-state index < -0.39 is 6.10 Å². The smallest absolute Gasteiger partial charge is 0.265 e. The second-order valence-corrected chi connectivity index (χ2v) is 5.37. The van der Waals surface area contributed by atoms with Gasteiger partial charge in [0, 0.05) is 11.8 Å². The molecule has 0 unspecified atom stereocenters. The quantitative estimate of drug-likeness (QED) is 0.779. The van der Waals surface area contributed by atoms with Crippen molar-refractivity contribution in [2.24, 2.45) is 0 Å². The normalized spacial score (nSPS) is 11.8. The van der Waals surface area contributed by atoms with Gasteiger partial charge in [-0.2, -0.15) is 0 Å². The Morgan fingerprint density at radius 2 is 2.00 bits per heavy atom. The fourth-order valence-corrected chi connectivity index (χ4v) is 2.12. The Kier molecular flexibility index (Phi) is 4.51. The van der Waals surface area contributed by atoms with E-state index in [-0.39, 0.29) is 5.91 Å². The number of hydrogen-bond acceptors (Lipinski definition) is 5. The zero-order valence-corrected chi connectivity index (χ0v) is 13.4. The molecule has 24 heavy (non-hydrogen) atoms. The van der Waals surface area contributed by atoms with Crippen LogP contribution in [-0.2, 0) is 4.79 Å². The third-order valence-corrected chi connectivity index (χ3v) is 3.43. The fourth-order valence-electron chi connectivity index (χ4n) is 2.12. The molecule has 1 amide bonds. The molecule has 0 radical (unpaired) electrons. The van der Waals surface area contributed by atoms with Gasteiger partial charge < -0.3 is 10.1 Å². The second-order valence-electron chi connectivity index (χ2n) is 5.37. The molecule has 0 saturated heterocycles. The minimum Gasteiger partial charge on any atom is -0.481 e. The van der Waals surface area contributed by atoms with Crippen LogP contribution in [0.4, 0.5) is 5.69 Å². The maximum atomic E-state index is 12.2. The standard InChI is InChI=1S/C17H17N5O2/c1-12-6-8-14(9-7-12)19-17(23)13(2)24-16-5-3-4-15(10-16)22-11-18-20-21-22/h3-11,13H,1-2H3,(H,19,23)/t13-/m1/s1. The highest BCUT2D eigenvalue weighted by molar-refractivity contribution is 5.94. The van der Waals surface area contributed by atoms with Crippen molar-refractivity contribution < 1.29 is 9.53 Å². The summed E-state index contributed by atoms with van der Waals surface area (Å²) in [7, 11) is 0. The van der Waals surface area contributed by atoms with Gasteiger partial charge in [0.2, 0.25) is 0 Å². The summed E-state index contributed by atoms with van der Waals surface area (Å²) < 4.78 is 7.23. The third kappa shape index (κ3) is 3.75. The summed E-state index contributed by atoms with van der Waals surface area (Å²) >= 11 is 0. The van der Waals surface area contributed by atoms with Crippen LogP contribution in [0.1, 0.15) is 12.5 Å². The molecule has 7 nitrogen and oxygen atoms in total. The number of rotatable bonds is 5. The first-order chi connectivity index (χ1) is 11.6. The molecule has 0 fully saturated rings. The van der Waals surface area contributed by atoms with Gasteiger partial charge in [0.1, 0.15) is 12.1 Å². The number of ether oxygens (including phenoxy) is 1. The number of amides is 1. The Hall–Kier alpha value is -3.22. The molecular formula is C17H17N5O2. The molecule has 0 spiro atoms. The molecule has 0 aliphatic heterocycles. The van der Waals surface area contributed by atoms with Crippen LogP contribution in [0.15, 0.2) is 54.9 Å². The molecule has 0 aliphatic rings. The van der Waals surface area contributed by atoms with Crippen molar-refractivity contribution in [3.63, 3.8) is 0 Å². The van der Waals surface area contributed by atoms with Crippen molar-refractivity contribution in [2.45, 2.75) is 20.0 Å². The highest BCUT2D eigenvalue weighted by atomic mass is 16.5. The Balaban J connectivity index is 1.65. The minimum atomic E-state index is -0.643. The van der Waals surface area contributed by atoms with Crippen LogP contribution in [0.25, 0.3) is 5.69 Å². The van der Waals surface area contributed by atoms with Gasteiger partial charge >= 0.3 is 0 Å². The van der Waals surface area contributed by atoms with Crippen LogP contribution in [-0.4, -0.2) is 32.2 Å². The number of carbonyl (C=O) groups excluding carboxylic acids is 1. The van der Waals surface area contributed by atoms with Gasteiger partial charge in [0.15, 0.2) is 6.10 Å². The lowest BCUT2D eigenvalue weighted by Crippen LogP contribution is -2.30. The molecule has 7 heteroatoms. The highest BCUT2D eigenvalue weighted by Gasteiger charge is 2.15. The highest BCUT2D eigenvalue weighted by Crippen LogP contribution is 2.18. The number of carbonyl (C=O) groups is 1. The summed E-state index contributed by atoms with van der Waals surface area (Å²) in [5, 5.41) is 13.9. The molecular weight excluding hydrogens is 306 g/mol. The summed E-state index contributed by atoms with van der Waals surface area (Å²) in [6, 6.07) is 14.8. The van der Waals surface area contributed by atoms with Crippen LogP contribution in [0, 0.1) is 6.92 Å². The third-order valence-electron chi connectivity index (χ3n) is 3.43. The monoisotopic (exact) mass is 323 g/mol. The first-order valence-corrected chi connectivity index (χ1v) is 7.49. The molecule has 122 valence electrons. The van der Waals surface area contributed by atoms with Gasteiger partial charge in [-0.05, 0) is 48.5 Å². The largest absolute Gasteiger partial charge is 0.481 e. The van der Waals surface area contributed by atoms with E-state index in [1.54, 1.807) is 19.1 Å². The number of tetrazole rings is 1. The molecule has 2 aromatic carbocycles. The molecule has 1 aromatic heterocycles. The van der Waals surface area contributed by atoms with E-state index in [4.69, 9.17) is 4.74 Å². The lowest BCUT2D eigenvalue weighted by molar-refractivity contribution is -0.122. The molecule has 1 heterocycles. The SMILES string of the molecule is Cc1ccc(NC(=O)[C@@H](C)Oc2cccc(-n3cnnn3)c2)cc1. The maximum Gasteiger partial charge on any atom is 0.265 e. The van der Waals surface area contributed by atoms with Crippen molar-refractivity contribution in [3.05, 3.63) is 60.4 Å². The lowest BCUT2D eigenvalue weighted by atomic mass is 10.2. The van der Waals surface area contributed by atoms with Gasteiger partial charge in [-0.15, -0.1) is 5.10 Å². The molecule has 1 atom stereocenters. The Morgan fingerprint density at radius 1 is 1.21 bits per heavy atom. The van der Waals surface area contributed by atoms with Gasteiger partial charge in [-0.25, -0.2) is 4.68 Å². The number of anilines is 1. The first-order valence-electron chi connectivity index (χ1n) is 7.49. The van der Waals surface area contributed by atoms with Crippen molar-refractivity contribution in [1.29, 1.82) is 0 Å². The fraction of sp³-hybridized carbons (Fsp3) is 0.176. The van der Waals surface area contributed by atoms with E-state index in [1.165, 1.54) is 11.0 Å². The van der Waals surface area contributed by atoms with Gasteiger partial charge in [0.05, 0.1) is 5.69 Å². The van der Waals surface area contributed by atoms with Gasteiger partial charge in [0.25, 0.3) is 5.91 Å². The summed E-state index contributed by atoms with van der Waals surface area (Å²) in [6.07, 6.45) is 0.850. The average molecular weight is 323 g/mol. The van der Waals surface area contributed by atoms with Crippen LogP contribution < -0.4 is 10.1 Å². The topological polar surface area (TPSA) is 81.9 Å². The lowest BCUT2D eigenvalue weighted by Gasteiger charge is -2.15. The summed E-state index contributed by atoms with van der Waals surface area (Å²) in [4.78, 5) is 12.2. The van der Waals surface area contributed by atoms with Crippen molar-refractivity contribution in [2.75, 3.05) is 5.32 Å². The number of hydrogen-bond donors (Lipinski definition) is 1. The zero-order valence-electron chi connectivity index (χ0n) is 13.4. The van der Waals surface area contributed by atoms with Crippen molar-refractivity contribution in [3.8, 4) is 11.4 Å². The van der Waals surface area contributed by atoms with Crippen LogP contribution in [0.5, 0.6) is 5.75 Å². The number of benzene rings is 2. The van der Waals surface area contributed by atoms with Gasteiger partial charge in [-0.3, -0.25) is 4.79 Å². The van der Waals surface area contributed by atoms with Crippen LogP contribution in [0.3, 0.4) is 0 Å². The van der Waals surface area contributed by atoms with E-state index >= 15 is 0 Å². The second kappa shape index (κ2) is 6.91. The van der Waals surface area contributed by atoms with E-state index in [9.17, 15) is 4.79 Å². The van der Waals surface area contributed by atoms with Crippen LogP contribution in [0.2, 0.25) is 0 Å². The zero-order chi connectivity index (χ0) is 16.9. The molecule has 0 bridgehead atoms. The summed E-state index contributed by atoms with van der Waals surface area (Å²) in [5.74, 6) is 0.348. The van der Waals surface area contributed by atoms with Gasteiger partial charge in [-0.1, -0.05) is 23.8 Å². The Bertz CT molecular complexity index is 815. The molecule has 1 N–H and O–H groups in total. The minimum absolute atomic E-state index is 0.216. The predicted molar refractivity (Wildman–Crippen MR) is 89.1 cm³/mol. The molecule has 3 rings (SSSR count). The average Bonchev–Trinajstić information content (AvgIpc) is 3.12. The Labute approximate surface area is 139 Å². The molecule has 0 saturated carbocycles.